The maximum atomic E-state index is 13.5. The van der Waals surface area contributed by atoms with Crippen molar-refractivity contribution in [1.82, 2.24) is 25.5 Å². The summed E-state index contributed by atoms with van der Waals surface area (Å²) in [6.07, 6.45) is 0. The Hall–Kier alpha value is -3.07. The largest absolute Gasteiger partial charge is 0.330 e. The molecule has 1 heterocycles. The number of urea groups is 1. The van der Waals surface area contributed by atoms with E-state index < -0.39 is 23.4 Å². The first-order valence-corrected chi connectivity index (χ1v) is 7.44. The topological polar surface area (TPSA) is 84.7 Å². The van der Waals surface area contributed by atoms with Crippen molar-refractivity contribution in [2.75, 3.05) is 5.32 Å². The van der Waals surface area contributed by atoms with E-state index in [1.54, 1.807) is 24.3 Å². The van der Waals surface area contributed by atoms with Crippen LogP contribution in [-0.4, -0.2) is 26.2 Å². The Labute approximate surface area is 145 Å². The maximum absolute atomic E-state index is 13.5. The Balaban J connectivity index is 1.67. The number of carbonyl (C=O) groups excluding carboxylic acids is 1. The zero-order chi connectivity index (χ0) is 17.8. The molecule has 2 aromatic carbocycles. The van der Waals surface area contributed by atoms with Crippen LogP contribution in [0.2, 0.25) is 5.02 Å². The van der Waals surface area contributed by atoms with Gasteiger partial charge in [0.1, 0.15) is 17.3 Å². The fourth-order valence-electron chi connectivity index (χ4n) is 2.03. The van der Waals surface area contributed by atoms with Crippen molar-refractivity contribution >= 4 is 23.3 Å². The van der Waals surface area contributed by atoms with Gasteiger partial charge in [-0.15, -0.1) is 5.10 Å². The summed E-state index contributed by atoms with van der Waals surface area (Å²) in [6.45, 7) is -0.0580. The Morgan fingerprint density at radius 2 is 1.80 bits per heavy atom. The van der Waals surface area contributed by atoms with Gasteiger partial charge >= 0.3 is 6.03 Å². The number of benzene rings is 2. The maximum Gasteiger partial charge on any atom is 0.319 e. The standard InChI is InChI=1S/C15H11ClF2N6O/c16-9-4-6-10(7-5-9)24-13(21-22-23-24)8-19-15(25)20-14-11(17)2-1-3-12(14)18/h1-7H,8H2,(H2,19,20,25). The van der Waals surface area contributed by atoms with E-state index in [4.69, 9.17) is 11.6 Å². The van der Waals surface area contributed by atoms with E-state index in [0.29, 0.717) is 16.5 Å². The minimum atomic E-state index is -0.874. The summed E-state index contributed by atoms with van der Waals surface area (Å²) in [7, 11) is 0. The molecule has 0 saturated heterocycles. The number of aromatic nitrogens is 4. The molecule has 0 radical (unpaired) electrons. The van der Waals surface area contributed by atoms with Crippen LogP contribution in [0, 0.1) is 11.6 Å². The van der Waals surface area contributed by atoms with Gasteiger partial charge in [-0.2, -0.15) is 4.68 Å². The van der Waals surface area contributed by atoms with Crippen LogP contribution in [0.5, 0.6) is 0 Å². The zero-order valence-corrected chi connectivity index (χ0v) is 13.3. The summed E-state index contributed by atoms with van der Waals surface area (Å²) in [6, 6.07) is 9.24. The summed E-state index contributed by atoms with van der Waals surface area (Å²) in [4.78, 5) is 11.9. The second-order valence-corrected chi connectivity index (χ2v) is 5.32. The van der Waals surface area contributed by atoms with Gasteiger partial charge in [0.25, 0.3) is 0 Å². The van der Waals surface area contributed by atoms with Crippen LogP contribution in [0.15, 0.2) is 42.5 Å². The summed E-state index contributed by atoms with van der Waals surface area (Å²) < 4.78 is 28.4. The highest BCUT2D eigenvalue weighted by atomic mass is 35.5. The van der Waals surface area contributed by atoms with E-state index in [1.165, 1.54) is 10.7 Å². The van der Waals surface area contributed by atoms with Crippen LogP contribution in [0.4, 0.5) is 19.3 Å². The first-order chi connectivity index (χ1) is 12.0. The van der Waals surface area contributed by atoms with Crippen LogP contribution in [0.3, 0.4) is 0 Å². The molecular formula is C15H11ClF2N6O. The monoisotopic (exact) mass is 364 g/mol. The molecule has 0 aliphatic rings. The number of hydrogen-bond donors (Lipinski definition) is 2. The van der Waals surface area contributed by atoms with Crippen LogP contribution in [-0.2, 0) is 6.54 Å². The SMILES string of the molecule is O=C(NCc1nnnn1-c1ccc(Cl)cc1)Nc1c(F)cccc1F. The van der Waals surface area contributed by atoms with Crippen molar-refractivity contribution in [1.29, 1.82) is 0 Å². The van der Waals surface area contributed by atoms with Crippen LogP contribution >= 0.6 is 11.6 Å². The fraction of sp³-hybridized carbons (Fsp3) is 0.0667. The Morgan fingerprint density at radius 1 is 1.12 bits per heavy atom. The smallest absolute Gasteiger partial charge is 0.319 e. The third-order valence-electron chi connectivity index (χ3n) is 3.21. The van der Waals surface area contributed by atoms with Crippen molar-refractivity contribution in [3.05, 3.63) is 64.9 Å². The molecule has 0 atom stereocenters. The molecule has 3 aromatic rings. The average Bonchev–Trinajstić information content (AvgIpc) is 3.06. The number of rotatable bonds is 4. The molecule has 2 N–H and O–H groups in total. The molecule has 0 bridgehead atoms. The van der Waals surface area contributed by atoms with Gasteiger partial charge in [0.15, 0.2) is 5.82 Å². The number of amides is 2. The summed E-state index contributed by atoms with van der Waals surface area (Å²) in [5.41, 5.74) is 0.115. The highest BCUT2D eigenvalue weighted by Gasteiger charge is 2.13. The molecule has 0 fully saturated rings. The Morgan fingerprint density at radius 3 is 2.48 bits per heavy atom. The van der Waals surface area contributed by atoms with Crippen molar-refractivity contribution in [2.45, 2.75) is 6.54 Å². The van der Waals surface area contributed by atoms with Crippen molar-refractivity contribution in [3.8, 4) is 5.69 Å². The van der Waals surface area contributed by atoms with Gasteiger partial charge in [-0.25, -0.2) is 13.6 Å². The molecule has 25 heavy (non-hydrogen) atoms. The van der Waals surface area contributed by atoms with Gasteiger partial charge in [0, 0.05) is 5.02 Å². The number of carbonyl (C=O) groups is 1. The number of anilines is 1. The highest BCUT2D eigenvalue weighted by Crippen LogP contribution is 2.17. The summed E-state index contributed by atoms with van der Waals surface area (Å²) in [5, 5.41) is 16.3. The Kier molecular flexibility index (Phi) is 4.85. The van der Waals surface area contributed by atoms with Gasteiger partial charge in [-0.3, -0.25) is 0 Å². The van der Waals surface area contributed by atoms with E-state index in [-0.39, 0.29) is 6.54 Å². The van der Waals surface area contributed by atoms with Crippen LogP contribution < -0.4 is 10.6 Å². The Bertz CT molecular complexity index is 879. The molecule has 3 rings (SSSR count). The second kappa shape index (κ2) is 7.22. The van der Waals surface area contributed by atoms with Crippen LogP contribution in [0.25, 0.3) is 5.69 Å². The molecule has 1 aromatic heterocycles. The van der Waals surface area contributed by atoms with Gasteiger partial charge < -0.3 is 10.6 Å². The average molecular weight is 365 g/mol. The number of nitrogens with one attached hydrogen (secondary N) is 2. The minimum absolute atomic E-state index is 0.0580. The van der Waals surface area contributed by atoms with E-state index in [1.807, 2.05) is 0 Å². The van der Waals surface area contributed by atoms with E-state index in [0.717, 1.165) is 12.1 Å². The molecule has 7 nitrogen and oxygen atoms in total. The molecule has 0 saturated carbocycles. The van der Waals surface area contributed by atoms with Gasteiger partial charge in [-0.05, 0) is 46.8 Å². The zero-order valence-electron chi connectivity index (χ0n) is 12.6. The fourth-order valence-corrected chi connectivity index (χ4v) is 2.16. The number of nitrogens with zero attached hydrogens (tertiary/aromatic N) is 4. The first kappa shape index (κ1) is 16.8. The lowest BCUT2D eigenvalue weighted by atomic mass is 10.3. The molecule has 0 aliphatic heterocycles. The lowest BCUT2D eigenvalue weighted by Crippen LogP contribution is -2.30. The van der Waals surface area contributed by atoms with Crippen molar-refractivity contribution in [3.63, 3.8) is 0 Å². The molecule has 0 spiro atoms. The quantitative estimate of drug-likeness (QED) is 0.745. The third kappa shape index (κ3) is 3.89. The second-order valence-electron chi connectivity index (χ2n) is 4.89. The minimum Gasteiger partial charge on any atom is -0.330 e. The lowest BCUT2D eigenvalue weighted by Gasteiger charge is -2.09. The van der Waals surface area contributed by atoms with Crippen molar-refractivity contribution in [2.24, 2.45) is 0 Å². The molecule has 128 valence electrons. The van der Waals surface area contributed by atoms with Crippen LogP contribution in [0.1, 0.15) is 5.82 Å². The normalized spacial score (nSPS) is 10.5. The first-order valence-electron chi connectivity index (χ1n) is 7.06. The predicted octanol–water partition coefficient (Wildman–Crippen LogP) is 2.92. The molecular weight excluding hydrogens is 354 g/mol. The van der Waals surface area contributed by atoms with E-state index >= 15 is 0 Å². The van der Waals surface area contributed by atoms with Gasteiger partial charge in [-0.1, -0.05) is 17.7 Å². The molecule has 0 aliphatic carbocycles. The number of para-hydroxylation sites is 1. The number of halogens is 3. The van der Waals surface area contributed by atoms with Gasteiger partial charge in [0.2, 0.25) is 0 Å². The number of hydrogen-bond acceptors (Lipinski definition) is 4. The van der Waals surface area contributed by atoms with Crippen molar-refractivity contribution < 1.29 is 13.6 Å². The summed E-state index contributed by atoms with van der Waals surface area (Å²) >= 11 is 5.83. The van der Waals surface area contributed by atoms with E-state index in [9.17, 15) is 13.6 Å². The molecule has 2 amide bonds. The third-order valence-corrected chi connectivity index (χ3v) is 3.47. The summed E-state index contributed by atoms with van der Waals surface area (Å²) in [5.74, 6) is -1.42. The van der Waals surface area contributed by atoms with E-state index in [2.05, 4.69) is 26.2 Å². The highest BCUT2D eigenvalue weighted by molar-refractivity contribution is 6.30. The van der Waals surface area contributed by atoms with Gasteiger partial charge in [0.05, 0.1) is 12.2 Å². The lowest BCUT2D eigenvalue weighted by molar-refractivity contribution is 0.251. The predicted molar refractivity (Wildman–Crippen MR) is 86.4 cm³/mol. The molecule has 10 heteroatoms. The molecule has 0 unspecified atom stereocenters. The number of tetrazole rings is 1.